The van der Waals surface area contributed by atoms with Crippen LogP contribution in [0.1, 0.15) is 23.6 Å². The van der Waals surface area contributed by atoms with Crippen molar-refractivity contribution in [2.24, 2.45) is 0 Å². The summed E-state index contributed by atoms with van der Waals surface area (Å²) >= 11 is 6.30. The number of carboxylic acids is 1. The fourth-order valence-electron chi connectivity index (χ4n) is 2.57. The van der Waals surface area contributed by atoms with Gasteiger partial charge in [0.15, 0.2) is 11.5 Å². The molecular formula is C21H23ClO5. The Bertz CT molecular complexity index is 809. The van der Waals surface area contributed by atoms with E-state index in [1.165, 1.54) is 6.08 Å². The molecule has 0 bridgehead atoms. The quantitative estimate of drug-likeness (QED) is 0.486. The third-order valence-corrected chi connectivity index (χ3v) is 3.82. The second-order valence-electron chi connectivity index (χ2n) is 5.95. The average molecular weight is 391 g/mol. The highest BCUT2D eigenvalue weighted by Gasteiger charge is 2.12. The summed E-state index contributed by atoms with van der Waals surface area (Å²) in [4.78, 5) is 10.7. The van der Waals surface area contributed by atoms with Gasteiger partial charge >= 0.3 is 5.97 Å². The SMILES string of the molecule is CCOc1cc(C=CC(=O)O)cc(Cl)c1OCCOc1cc(C)cc(C)c1. The molecule has 1 N–H and O–H groups in total. The summed E-state index contributed by atoms with van der Waals surface area (Å²) in [5.41, 5.74) is 2.89. The number of rotatable bonds is 9. The summed E-state index contributed by atoms with van der Waals surface area (Å²) in [6.07, 6.45) is 2.49. The van der Waals surface area contributed by atoms with E-state index in [0.29, 0.717) is 35.3 Å². The molecule has 2 rings (SSSR count). The standard InChI is InChI=1S/C21H23ClO5/c1-4-25-19-13-16(5-6-20(23)24)12-18(22)21(19)27-8-7-26-17-10-14(2)9-15(3)11-17/h5-6,9-13H,4,7-8H2,1-3H3,(H,23,24). The van der Waals surface area contributed by atoms with Crippen molar-refractivity contribution in [1.82, 2.24) is 0 Å². The maximum absolute atomic E-state index is 10.7. The Labute approximate surface area is 164 Å². The molecule has 0 spiro atoms. The van der Waals surface area contributed by atoms with Crippen LogP contribution in [0.15, 0.2) is 36.4 Å². The molecule has 144 valence electrons. The number of carboxylic acid groups (broad SMARTS) is 1. The first-order chi connectivity index (χ1) is 12.9. The van der Waals surface area contributed by atoms with Crippen molar-refractivity contribution in [3.8, 4) is 17.2 Å². The van der Waals surface area contributed by atoms with Crippen LogP contribution < -0.4 is 14.2 Å². The van der Waals surface area contributed by atoms with Crippen LogP contribution in [0.3, 0.4) is 0 Å². The first-order valence-electron chi connectivity index (χ1n) is 8.60. The molecule has 0 aliphatic carbocycles. The zero-order valence-electron chi connectivity index (χ0n) is 15.6. The largest absolute Gasteiger partial charge is 0.490 e. The van der Waals surface area contributed by atoms with Crippen LogP contribution in [0.2, 0.25) is 5.02 Å². The zero-order valence-corrected chi connectivity index (χ0v) is 16.4. The highest BCUT2D eigenvalue weighted by Crippen LogP contribution is 2.37. The highest BCUT2D eigenvalue weighted by molar-refractivity contribution is 6.32. The number of hydrogen-bond acceptors (Lipinski definition) is 4. The molecule has 5 nitrogen and oxygen atoms in total. The number of carbonyl (C=O) groups is 1. The maximum Gasteiger partial charge on any atom is 0.328 e. The van der Waals surface area contributed by atoms with E-state index in [0.717, 1.165) is 23.0 Å². The van der Waals surface area contributed by atoms with Gasteiger partial charge in [-0.05, 0) is 67.8 Å². The Morgan fingerprint density at radius 2 is 1.70 bits per heavy atom. The van der Waals surface area contributed by atoms with Crippen molar-refractivity contribution in [3.05, 3.63) is 58.1 Å². The van der Waals surface area contributed by atoms with E-state index in [1.807, 2.05) is 32.9 Å². The molecule has 0 amide bonds. The number of halogens is 1. The molecule has 2 aromatic rings. The molecule has 0 saturated heterocycles. The van der Waals surface area contributed by atoms with Crippen LogP contribution in [0, 0.1) is 13.8 Å². The third-order valence-electron chi connectivity index (χ3n) is 3.54. The zero-order chi connectivity index (χ0) is 19.8. The summed E-state index contributed by atoms with van der Waals surface area (Å²) in [5.74, 6) is 0.630. The lowest BCUT2D eigenvalue weighted by atomic mass is 10.1. The lowest BCUT2D eigenvalue weighted by Gasteiger charge is -2.15. The first-order valence-corrected chi connectivity index (χ1v) is 8.98. The summed E-state index contributed by atoms with van der Waals surface area (Å²) in [5, 5.41) is 9.10. The Morgan fingerprint density at radius 1 is 1.04 bits per heavy atom. The number of aliphatic carboxylic acids is 1. The van der Waals surface area contributed by atoms with E-state index in [-0.39, 0.29) is 6.61 Å². The predicted molar refractivity (Wildman–Crippen MR) is 106 cm³/mol. The summed E-state index contributed by atoms with van der Waals surface area (Å²) in [7, 11) is 0. The van der Waals surface area contributed by atoms with Gasteiger partial charge in [0, 0.05) is 6.08 Å². The van der Waals surface area contributed by atoms with Gasteiger partial charge in [-0.2, -0.15) is 0 Å². The van der Waals surface area contributed by atoms with Gasteiger partial charge in [-0.1, -0.05) is 17.7 Å². The van der Waals surface area contributed by atoms with Gasteiger partial charge in [0.05, 0.1) is 11.6 Å². The van der Waals surface area contributed by atoms with Crippen LogP contribution in [0.25, 0.3) is 6.08 Å². The normalized spacial score (nSPS) is 10.8. The molecule has 27 heavy (non-hydrogen) atoms. The number of benzene rings is 2. The summed E-state index contributed by atoms with van der Waals surface area (Å²) < 4.78 is 17.1. The smallest absolute Gasteiger partial charge is 0.328 e. The second kappa shape index (κ2) is 9.88. The topological polar surface area (TPSA) is 65.0 Å². The van der Waals surface area contributed by atoms with E-state index < -0.39 is 5.97 Å². The minimum absolute atomic E-state index is 0.289. The minimum Gasteiger partial charge on any atom is -0.490 e. The van der Waals surface area contributed by atoms with Crippen molar-refractivity contribution in [1.29, 1.82) is 0 Å². The van der Waals surface area contributed by atoms with Crippen LogP contribution in [0.5, 0.6) is 17.2 Å². The third kappa shape index (κ3) is 6.53. The molecule has 0 saturated carbocycles. The Balaban J connectivity index is 2.04. The van der Waals surface area contributed by atoms with Gasteiger partial charge < -0.3 is 19.3 Å². The average Bonchev–Trinajstić information content (AvgIpc) is 2.58. The van der Waals surface area contributed by atoms with Gasteiger partial charge in [-0.25, -0.2) is 4.79 Å². The maximum atomic E-state index is 10.7. The van der Waals surface area contributed by atoms with Gasteiger partial charge in [0.25, 0.3) is 0 Å². The van der Waals surface area contributed by atoms with Gasteiger partial charge in [0.1, 0.15) is 19.0 Å². The van der Waals surface area contributed by atoms with Crippen molar-refractivity contribution in [3.63, 3.8) is 0 Å². The number of hydrogen-bond donors (Lipinski definition) is 1. The fraction of sp³-hybridized carbons (Fsp3) is 0.286. The second-order valence-corrected chi connectivity index (χ2v) is 6.36. The summed E-state index contributed by atoms with van der Waals surface area (Å²) in [6.45, 7) is 6.96. The Hall–Kier alpha value is -2.66. The highest BCUT2D eigenvalue weighted by atomic mass is 35.5. The minimum atomic E-state index is -1.03. The van der Waals surface area contributed by atoms with Crippen LogP contribution in [0.4, 0.5) is 0 Å². The molecule has 0 atom stereocenters. The molecule has 6 heteroatoms. The Morgan fingerprint density at radius 3 is 2.33 bits per heavy atom. The molecule has 0 unspecified atom stereocenters. The fourth-order valence-corrected chi connectivity index (χ4v) is 2.85. The molecule has 0 aromatic heterocycles. The van der Waals surface area contributed by atoms with Crippen molar-refractivity contribution in [2.45, 2.75) is 20.8 Å². The summed E-state index contributed by atoms with van der Waals surface area (Å²) in [6, 6.07) is 9.33. The van der Waals surface area contributed by atoms with Crippen LogP contribution in [-0.2, 0) is 4.79 Å². The molecule has 0 fully saturated rings. The lowest BCUT2D eigenvalue weighted by molar-refractivity contribution is -0.131. The van der Waals surface area contributed by atoms with E-state index in [2.05, 4.69) is 6.07 Å². The molecule has 0 heterocycles. The molecular weight excluding hydrogens is 368 g/mol. The predicted octanol–water partition coefficient (Wildman–Crippen LogP) is 4.91. The number of ether oxygens (including phenoxy) is 3. The molecule has 0 aliphatic rings. The van der Waals surface area contributed by atoms with Crippen molar-refractivity contribution < 1.29 is 24.1 Å². The van der Waals surface area contributed by atoms with Crippen LogP contribution >= 0.6 is 11.6 Å². The molecule has 0 radical (unpaired) electrons. The van der Waals surface area contributed by atoms with Crippen molar-refractivity contribution in [2.75, 3.05) is 19.8 Å². The van der Waals surface area contributed by atoms with Gasteiger partial charge in [0.2, 0.25) is 0 Å². The van der Waals surface area contributed by atoms with E-state index in [1.54, 1.807) is 12.1 Å². The van der Waals surface area contributed by atoms with E-state index >= 15 is 0 Å². The molecule has 2 aromatic carbocycles. The van der Waals surface area contributed by atoms with E-state index in [4.69, 9.17) is 30.9 Å². The first kappa shape index (κ1) is 20.6. The number of aryl methyl sites for hydroxylation is 2. The Kier molecular flexibility index (Phi) is 7.55. The van der Waals surface area contributed by atoms with Gasteiger partial charge in [-0.3, -0.25) is 0 Å². The molecule has 0 aliphatic heterocycles. The van der Waals surface area contributed by atoms with E-state index in [9.17, 15) is 4.79 Å². The van der Waals surface area contributed by atoms with Gasteiger partial charge in [-0.15, -0.1) is 0 Å². The van der Waals surface area contributed by atoms with Crippen LogP contribution in [-0.4, -0.2) is 30.9 Å². The van der Waals surface area contributed by atoms with Crippen molar-refractivity contribution >= 4 is 23.6 Å². The lowest BCUT2D eigenvalue weighted by Crippen LogP contribution is -2.10. The monoisotopic (exact) mass is 390 g/mol.